The molecule has 70 valence electrons. The van der Waals surface area contributed by atoms with E-state index in [1.807, 2.05) is 0 Å². The molecule has 12 heavy (non-hydrogen) atoms. The number of rotatable bonds is 0. The molecule has 0 saturated carbocycles. The van der Waals surface area contributed by atoms with Crippen LogP contribution in [0.25, 0.3) is 0 Å². The molecule has 5 heteroatoms. The Balaban J connectivity index is 0.000000261. The van der Waals surface area contributed by atoms with Gasteiger partial charge >= 0.3 is 0 Å². The van der Waals surface area contributed by atoms with Gasteiger partial charge in [-0.25, -0.2) is 0 Å². The summed E-state index contributed by atoms with van der Waals surface area (Å²) in [6.45, 7) is 3.59. The lowest BCUT2D eigenvalue weighted by atomic mass is 10.4. The van der Waals surface area contributed by atoms with E-state index in [1.165, 1.54) is 0 Å². The highest BCUT2D eigenvalue weighted by Gasteiger charge is 2.02. The summed E-state index contributed by atoms with van der Waals surface area (Å²) in [5, 5.41) is 13.3. The molecule has 0 aromatic heterocycles. The number of aliphatic carboxylic acids is 1. The Morgan fingerprint density at radius 3 is 2.58 bits per heavy atom. The number of nitrogens with one attached hydrogen (secondary N) is 2. The van der Waals surface area contributed by atoms with Gasteiger partial charge in [0.2, 0.25) is 5.91 Å². The summed E-state index contributed by atoms with van der Waals surface area (Å²) < 4.78 is 0. The second-order valence-electron chi connectivity index (χ2n) is 2.37. The van der Waals surface area contributed by atoms with Crippen molar-refractivity contribution in [3.63, 3.8) is 0 Å². The van der Waals surface area contributed by atoms with Gasteiger partial charge in [0.1, 0.15) is 0 Å². The van der Waals surface area contributed by atoms with Gasteiger partial charge in [-0.1, -0.05) is 0 Å². The van der Waals surface area contributed by atoms with E-state index < -0.39 is 5.97 Å². The summed E-state index contributed by atoms with van der Waals surface area (Å²) in [5.41, 5.74) is 0. The Bertz CT molecular complexity index is 145. The first-order valence-electron chi connectivity index (χ1n) is 3.80. The van der Waals surface area contributed by atoms with Gasteiger partial charge in [-0.15, -0.1) is 0 Å². The number of hydrogen-bond acceptors (Lipinski definition) is 3. The SMILES string of the molecule is CC(=O)O.O=C1CCNCCN1. The van der Waals surface area contributed by atoms with E-state index in [0.29, 0.717) is 6.42 Å². The third-order valence-corrected chi connectivity index (χ3v) is 1.15. The van der Waals surface area contributed by atoms with Crippen molar-refractivity contribution in [2.75, 3.05) is 19.6 Å². The minimum atomic E-state index is -0.833. The lowest BCUT2D eigenvalue weighted by Crippen LogP contribution is -2.24. The topological polar surface area (TPSA) is 78.4 Å². The first kappa shape index (κ1) is 10.9. The fraction of sp³-hybridized carbons (Fsp3) is 0.714. The monoisotopic (exact) mass is 174 g/mol. The van der Waals surface area contributed by atoms with Gasteiger partial charge in [-0.2, -0.15) is 0 Å². The summed E-state index contributed by atoms with van der Waals surface area (Å²) in [5.74, 6) is -0.671. The fourth-order valence-electron chi connectivity index (χ4n) is 0.706. The van der Waals surface area contributed by atoms with Crippen molar-refractivity contribution in [2.24, 2.45) is 0 Å². The second kappa shape index (κ2) is 6.60. The smallest absolute Gasteiger partial charge is 0.300 e. The summed E-state index contributed by atoms with van der Waals surface area (Å²) in [7, 11) is 0. The van der Waals surface area contributed by atoms with Crippen molar-refractivity contribution in [1.29, 1.82) is 0 Å². The molecule has 0 unspecified atom stereocenters. The van der Waals surface area contributed by atoms with E-state index >= 15 is 0 Å². The largest absolute Gasteiger partial charge is 0.481 e. The van der Waals surface area contributed by atoms with Gasteiger partial charge in [0.15, 0.2) is 0 Å². The number of amides is 1. The quantitative estimate of drug-likeness (QED) is 0.448. The van der Waals surface area contributed by atoms with Crippen molar-refractivity contribution in [3.8, 4) is 0 Å². The molecule has 1 rings (SSSR count). The molecule has 0 aromatic carbocycles. The van der Waals surface area contributed by atoms with Crippen molar-refractivity contribution in [1.82, 2.24) is 10.6 Å². The van der Waals surface area contributed by atoms with Crippen molar-refractivity contribution >= 4 is 11.9 Å². The highest BCUT2D eigenvalue weighted by Crippen LogP contribution is 1.79. The predicted octanol–water partition coefficient (Wildman–Crippen LogP) is -0.813. The van der Waals surface area contributed by atoms with Gasteiger partial charge in [0.05, 0.1) is 0 Å². The predicted molar refractivity (Wildman–Crippen MR) is 43.8 cm³/mol. The minimum absolute atomic E-state index is 0.162. The number of hydrogen-bond donors (Lipinski definition) is 3. The van der Waals surface area contributed by atoms with Crippen LogP contribution in [0.1, 0.15) is 13.3 Å². The second-order valence-corrected chi connectivity index (χ2v) is 2.37. The van der Waals surface area contributed by atoms with Gasteiger partial charge in [0, 0.05) is 33.0 Å². The number of carbonyl (C=O) groups is 2. The molecule has 0 radical (unpaired) electrons. The average molecular weight is 174 g/mol. The van der Waals surface area contributed by atoms with Crippen LogP contribution < -0.4 is 10.6 Å². The maximum absolute atomic E-state index is 10.5. The van der Waals surface area contributed by atoms with Crippen molar-refractivity contribution in [3.05, 3.63) is 0 Å². The third kappa shape index (κ3) is 8.90. The summed E-state index contributed by atoms with van der Waals surface area (Å²) >= 11 is 0. The van der Waals surface area contributed by atoms with Crippen LogP contribution in [0.4, 0.5) is 0 Å². The summed E-state index contributed by atoms with van der Waals surface area (Å²) in [6.07, 6.45) is 0.625. The zero-order valence-electron chi connectivity index (χ0n) is 7.09. The van der Waals surface area contributed by atoms with Crippen LogP contribution in [-0.2, 0) is 9.59 Å². The average Bonchev–Trinajstić information content (AvgIpc) is 2.14. The van der Waals surface area contributed by atoms with Crippen molar-refractivity contribution < 1.29 is 14.7 Å². The summed E-state index contributed by atoms with van der Waals surface area (Å²) in [6, 6.07) is 0. The molecule has 3 N–H and O–H groups in total. The standard InChI is InChI=1S/C5H10N2O.C2H4O2/c8-5-1-2-6-3-4-7-5;1-2(3)4/h6H,1-4H2,(H,7,8);1H3,(H,3,4). The Labute approximate surface area is 71.1 Å². The first-order valence-corrected chi connectivity index (χ1v) is 3.80. The molecule has 0 spiro atoms. The molecular weight excluding hydrogens is 160 g/mol. The van der Waals surface area contributed by atoms with Gasteiger partial charge in [-0.3, -0.25) is 9.59 Å². The fourth-order valence-corrected chi connectivity index (χ4v) is 0.706. The van der Waals surface area contributed by atoms with E-state index in [-0.39, 0.29) is 5.91 Å². The van der Waals surface area contributed by atoms with Crippen LogP contribution in [0.2, 0.25) is 0 Å². The molecular formula is C7H14N2O3. The third-order valence-electron chi connectivity index (χ3n) is 1.15. The van der Waals surface area contributed by atoms with Gasteiger partial charge < -0.3 is 15.7 Å². The Kier molecular flexibility index (Phi) is 6.00. The maximum atomic E-state index is 10.5. The molecule has 1 amide bonds. The number of carbonyl (C=O) groups excluding carboxylic acids is 1. The van der Waals surface area contributed by atoms with E-state index in [0.717, 1.165) is 26.6 Å². The Hall–Kier alpha value is -1.10. The van der Waals surface area contributed by atoms with E-state index in [9.17, 15) is 4.79 Å². The normalized spacial score (nSPS) is 16.6. The first-order chi connectivity index (χ1) is 5.63. The molecule has 0 aliphatic carbocycles. The Morgan fingerprint density at radius 2 is 2.00 bits per heavy atom. The van der Waals surface area contributed by atoms with Gasteiger partial charge in [0.25, 0.3) is 5.97 Å². The van der Waals surface area contributed by atoms with Crippen LogP contribution in [0.5, 0.6) is 0 Å². The van der Waals surface area contributed by atoms with Gasteiger partial charge in [-0.05, 0) is 0 Å². The number of carboxylic acid groups (broad SMARTS) is 1. The summed E-state index contributed by atoms with van der Waals surface area (Å²) in [4.78, 5) is 19.5. The highest BCUT2D eigenvalue weighted by atomic mass is 16.4. The van der Waals surface area contributed by atoms with Crippen LogP contribution in [0, 0.1) is 0 Å². The molecule has 0 atom stereocenters. The van der Waals surface area contributed by atoms with E-state index in [2.05, 4.69) is 10.6 Å². The van der Waals surface area contributed by atoms with Crippen LogP contribution in [0.3, 0.4) is 0 Å². The molecule has 5 nitrogen and oxygen atoms in total. The van der Waals surface area contributed by atoms with Crippen LogP contribution >= 0.6 is 0 Å². The van der Waals surface area contributed by atoms with Crippen molar-refractivity contribution in [2.45, 2.75) is 13.3 Å². The lowest BCUT2D eigenvalue weighted by Gasteiger charge is -1.93. The molecule has 1 aliphatic rings. The van der Waals surface area contributed by atoms with E-state index in [4.69, 9.17) is 9.90 Å². The highest BCUT2D eigenvalue weighted by molar-refractivity contribution is 5.76. The zero-order valence-corrected chi connectivity index (χ0v) is 7.09. The zero-order chi connectivity index (χ0) is 9.40. The maximum Gasteiger partial charge on any atom is 0.300 e. The molecule has 0 aromatic rings. The molecule has 0 bridgehead atoms. The van der Waals surface area contributed by atoms with E-state index in [1.54, 1.807) is 0 Å². The molecule has 1 fully saturated rings. The number of carboxylic acids is 1. The minimum Gasteiger partial charge on any atom is -0.481 e. The molecule has 1 heterocycles. The van der Waals surface area contributed by atoms with Crippen LogP contribution in [-0.4, -0.2) is 36.6 Å². The Morgan fingerprint density at radius 1 is 1.42 bits per heavy atom. The molecule has 1 aliphatic heterocycles. The van der Waals surface area contributed by atoms with Crippen LogP contribution in [0.15, 0.2) is 0 Å². The molecule has 1 saturated heterocycles. The lowest BCUT2D eigenvalue weighted by molar-refractivity contribution is -0.134.